The summed E-state index contributed by atoms with van der Waals surface area (Å²) in [7, 11) is 0. The second kappa shape index (κ2) is 7.62. The van der Waals surface area contributed by atoms with Gasteiger partial charge in [0.05, 0.1) is 17.3 Å². The second-order valence-corrected chi connectivity index (χ2v) is 5.76. The fourth-order valence-corrected chi connectivity index (χ4v) is 2.54. The van der Waals surface area contributed by atoms with Gasteiger partial charge in [0.25, 0.3) is 0 Å². The van der Waals surface area contributed by atoms with Crippen LogP contribution >= 0.6 is 0 Å². The van der Waals surface area contributed by atoms with Crippen molar-refractivity contribution in [1.29, 1.82) is 5.26 Å². The Labute approximate surface area is 150 Å². The third kappa shape index (κ3) is 3.95. The number of oxazole rings is 1. The molecule has 1 N–H and O–H groups in total. The summed E-state index contributed by atoms with van der Waals surface area (Å²) < 4.78 is 18.4. The average molecular weight is 349 g/mol. The second-order valence-electron chi connectivity index (χ2n) is 5.76. The number of benzene rings is 2. The van der Waals surface area contributed by atoms with Crippen molar-refractivity contribution in [2.45, 2.75) is 13.3 Å². The first-order valence-corrected chi connectivity index (χ1v) is 8.06. The number of nitrogens with one attached hydrogen (secondary N) is 1. The van der Waals surface area contributed by atoms with Gasteiger partial charge in [0, 0.05) is 29.8 Å². The fraction of sp³-hybridized carbons (Fsp3) is 0.150. The Morgan fingerprint density at radius 2 is 2.04 bits per heavy atom. The lowest BCUT2D eigenvalue weighted by atomic mass is 10.1. The molecule has 2 aromatic carbocycles. The highest BCUT2D eigenvalue weighted by Gasteiger charge is 2.10. The van der Waals surface area contributed by atoms with E-state index in [1.807, 2.05) is 0 Å². The molecule has 3 rings (SSSR count). The lowest BCUT2D eigenvalue weighted by Crippen LogP contribution is -2.09. The maximum absolute atomic E-state index is 13.0. The highest BCUT2D eigenvalue weighted by molar-refractivity contribution is 5.99. The van der Waals surface area contributed by atoms with E-state index in [-0.39, 0.29) is 11.6 Å². The van der Waals surface area contributed by atoms with Crippen molar-refractivity contribution in [1.82, 2.24) is 4.98 Å². The normalized spacial score (nSPS) is 10.3. The maximum atomic E-state index is 13.0. The van der Waals surface area contributed by atoms with Gasteiger partial charge in [-0.2, -0.15) is 5.26 Å². The number of halogens is 1. The highest BCUT2D eigenvalue weighted by atomic mass is 19.1. The largest absolute Gasteiger partial charge is 0.444 e. The number of carbonyl (C=O) groups is 1. The highest BCUT2D eigenvalue weighted by Crippen LogP contribution is 2.20. The molecular weight excluding hydrogens is 333 g/mol. The third-order valence-corrected chi connectivity index (χ3v) is 3.87. The standard InChI is InChI=1S/C20H16FN3O2/c1-13(25)18-7-2-14(11-22)10-19(18)23-9-8-17-12-26-20(24-17)15-3-5-16(21)6-4-15/h2-7,10,12,23H,8-9H2,1H3. The summed E-state index contributed by atoms with van der Waals surface area (Å²) in [4.78, 5) is 16.1. The van der Waals surface area contributed by atoms with Gasteiger partial charge in [0.2, 0.25) is 5.89 Å². The van der Waals surface area contributed by atoms with E-state index in [0.717, 1.165) is 5.69 Å². The fourth-order valence-electron chi connectivity index (χ4n) is 2.54. The number of Topliss-reactive ketones (excluding diaryl/α,β-unsaturated/α-hetero) is 1. The van der Waals surface area contributed by atoms with E-state index in [9.17, 15) is 9.18 Å². The minimum absolute atomic E-state index is 0.0722. The summed E-state index contributed by atoms with van der Waals surface area (Å²) in [6, 6.07) is 12.9. The Bertz CT molecular complexity index is 971. The molecule has 0 atom stereocenters. The first-order chi connectivity index (χ1) is 12.6. The molecule has 1 aromatic heterocycles. The number of rotatable bonds is 6. The summed E-state index contributed by atoms with van der Waals surface area (Å²) in [5, 5.41) is 12.2. The van der Waals surface area contributed by atoms with E-state index in [1.54, 1.807) is 36.6 Å². The van der Waals surface area contributed by atoms with E-state index in [1.165, 1.54) is 19.1 Å². The molecule has 0 bridgehead atoms. The van der Waals surface area contributed by atoms with Gasteiger partial charge in [-0.3, -0.25) is 4.79 Å². The van der Waals surface area contributed by atoms with Crippen LogP contribution in [-0.4, -0.2) is 17.3 Å². The van der Waals surface area contributed by atoms with Crippen LogP contribution < -0.4 is 5.32 Å². The molecular formula is C20H16FN3O2. The molecule has 0 saturated carbocycles. The number of anilines is 1. The lowest BCUT2D eigenvalue weighted by Gasteiger charge is -2.10. The van der Waals surface area contributed by atoms with E-state index >= 15 is 0 Å². The van der Waals surface area contributed by atoms with Crippen molar-refractivity contribution in [2.24, 2.45) is 0 Å². The molecule has 130 valence electrons. The quantitative estimate of drug-likeness (QED) is 0.674. The topological polar surface area (TPSA) is 78.9 Å². The molecule has 0 fully saturated rings. The zero-order valence-electron chi connectivity index (χ0n) is 14.1. The molecule has 0 unspecified atom stereocenters. The Morgan fingerprint density at radius 1 is 1.27 bits per heavy atom. The maximum Gasteiger partial charge on any atom is 0.226 e. The van der Waals surface area contributed by atoms with Crippen molar-refractivity contribution in [3.63, 3.8) is 0 Å². The summed E-state index contributed by atoms with van der Waals surface area (Å²) in [5.41, 5.74) is 3.08. The lowest BCUT2D eigenvalue weighted by molar-refractivity contribution is 0.101. The van der Waals surface area contributed by atoms with Crippen molar-refractivity contribution < 1.29 is 13.6 Å². The Balaban J connectivity index is 1.67. The predicted octanol–water partition coefficient (Wildman–Crippen LogP) is 4.21. The van der Waals surface area contributed by atoms with Crippen molar-refractivity contribution in [3.05, 3.63) is 71.4 Å². The smallest absolute Gasteiger partial charge is 0.226 e. The van der Waals surface area contributed by atoms with Crippen LogP contribution in [0.3, 0.4) is 0 Å². The monoisotopic (exact) mass is 349 g/mol. The van der Waals surface area contributed by atoms with Crippen LogP contribution in [0.1, 0.15) is 28.5 Å². The number of carbonyl (C=O) groups excluding carboxylic acids is 1. The minimum atomic E-state index is -0.314. The summed E-state index contributed by atoms with van der Waals surface area (Å²) in [6.45, 7) is 2.00. The van der Waals surface area contributed by atoms with E-state index in [2.05, 4.69) is 16.4 Å². The van der Waals surface area contributed by atoms with Crippen molar-refractivity contribution >= 4 is 11.5 Å². The first-order valence-electron chi connectivity index (χ1n) is 8.06. The van der Waals surface area contributed by atoms with Gasteiger partial charge in [-0.1, -0.05) is 0 Å². The number of hydrogen-bond acceptors (Lipinski definition) is 5. The summed E-state index contributed by atoms with van der Waals surface area (Å²) in [6.07, 6.45) is 2.12. The Morgan fingerprint density at radius 3 is 2.73 bits per heavy atom. The molecule has 0 radical (unpaired) electrons. The van der Waals surface area contributed by atoms with Crippen LogP contribution in [0.4, 0.5) is 10.1 Å². The number of nitrogens with zero attached hydrogens (tertiary/aromatic N) is 2. The van der Waals surface area contributed by atoms with Crippen LogP contribution in [0.2, 0.25) is 0 Å². The van der Waals surface area contributed by atoms with Crippen molar-refractivity contribution in [3.8, 4) is 17.5 Å². The van der Waals surface area contributed by atoms with Gasteiger partial charge >= 0.3 is 0 Å². The molecule has 0 aliphatic carbocycles. The zero-order chi connectivity index (χ0) is 18.5. The van der Waals surface area contributed by atoms with Crippen LogP contribution in [0, 0.1) is 17.1 Å². The molecule has 1 heterocycles. The van der Waals surface area contributed by atoms with Crippen LogP contribution in [0.25, 0.3) is 11.5 Å². The number of hydrogen-bond donors (Lipinski definition) is 1. The van der Waals surface area contributed by atoms with Gasteiger partial charge in [-0.25, -0.2) is 9.37 Å². The van der Waals surface area contributed by atoms with E-state index in [0.29, 0.717) is 41.2 Å². The summed E-state index contributed by atoms with van der Waals surface area (Å²) >= 11 is 0. The molecule has 6 heteroatoms. The first kappa shape index (κ1) is 17.4. The zero-order valence-corrected chi connectivity index (χ0v) is 14.1. The van der Waals surface area contributed by atoms with Gasteiger partial charge in [-0.05, 0) is 49.4 Å². The number of ketones is 1. The number of aromatic nitrogens is 1. The Kier molecular flexibility index (Phi) is 5.09. The molecule has 26 heavy (non-hydrogen) atoms. The Hall–Kier alpha value is -3.46. The summed E-state index contributed by atoms with van der Waals surface area (Å²) in [5.74, 6) is 0.0403. The van der Waals surface area contributed by atoms with Crippen LogP contribution in [0.15, 0.2) is 53.1 Å². The third-order valence-electron chi connectivity index (χ3n) is 3.87. The molecule has 0 spiro atoms. The SMILES string of the molecule is CC(=O)c1ccc(C#N)cc1NCCc1coc(-c2ccc(F)cc2)n1. The van der Waals surface area contributed by atoms with Crippen LogP contribution in [0.5, 0.6) is 0 Å². The number of nitriles is 1. The molecule has 0 aliphatic rings. The van der Waals surface area contributed by atoms with Gasteiger partial charge < -0.3 is 9.73 Å². The minimum Gasteiger partial charge on any atom is -0.444 e. The predicted molar refractivity (Wildman–Crippen MR) is 95.3 cm³/mol. The van der Waals surface area contributed by atoms with Gasteiger partial charge in [0.15, 0.2) is 5.78 Å². The van der Waals surface area contributed by atoms with Gasteiger partial charge in [-0.15, -0.1) is 0 Å². The molecule has 3 aromatic rings. The van der Waals surface area contributed by atoms with E-state index < -0.39 is 0 Å². The van der Waals surface area contributed by atoms with Crippen molar-refractivity contribution in [2.75, 3.05) is 11.9 Å². The van der Waals surface area contributed by atoms with Crippen LogP contribution in [-0.2, 0) is 6.42 Å². The molecule has 0 aliphatic heterocycles. The molecule has 0 saturated heterocycles. The van der Waals surface area contributed by atoms with Gasteiger partial charge in [0.1, 0.15) is 12.1 Å². The molecule has 5 nitrogen and oxygen atoms in total. The average Bonchev–Trinajstić information content (AvgIpc) is 3.11. The molecule has 0 amide bonds. The van der Waals surface area contributed by atoms with E-state index in [4.69, 9.17) is 9.68 Å².